The molecule has 2 aliphatic heterocycles. The number of carbonyl (C=O) groups excluding carboxylic acids is 2. The Labute approximate surface area is 373 Å². The second kappa shape index (κ2) is 16.3. The second-order valence-electron chi connectivity index (χ2n) is 15.5. The third-order valence-corrected chi connectivity index (χ3v) is 11.2. The fourth-order valence-corrected chi connectivity index (χ4v) is 7.86. The molecule has 0 bridgehead atoms. The van der Waals surface area contributed by atoms with E-state index in [1.54, 1.807) is 0 Å². The molecular weight excluding hydrogens is 892 g/mol. The third-order valence-electron chi connectivity index (χ3n) is 11.2. The van der Waals surface area contributed by atoms with Gasteiger partial charge in [-0.1, -0.05) is 0 Å². The van der Waals surface area contributed by atoms with Crippen LogP contribution in [0.3, 0.4) is 0 Å². The van der Waals surface area contributed by atoms with E-state index < -0.39 is 159 Å². The molecule has 0 spiro atoms. The average Bonchev–Trinajstić information content (AvgIpc) is 3.27. The van der Waals surface area contributed by atoms with Crippen molar-refractivity contribution in [1.82, 2.24) is 0 Å². The van der Waals surface area contributed by atoms with Crippen LogP contribution in [0.5, 0.6) is 103 Å². The Bertz CT molecular complexity index is 2760. The van der Waals surface area contributed by atoms with Gasteiger partial charge in [0.1, 0.15) is 46.7 Å². The number of hydrogen-bond donors (Lipinski definition) is 16. The molecule has 6 aromatic carbocycles. The van der Waals surface area contributed by atoms with Gasteiger partial charge in [-0.15, -0.1) is 0 Å². The highest BCUT2D eigenvalue weighted by atomic mass is 16.6. The minimum absolute atomic E-state index is 0.135. The van der Waals surface area contributed by atoms with Crippen LogP contribution in [0.4, 0.5) is 0 Å². The molecule has 67 heavy (non-hydrogen) atoms. The van der Waals surface area contributed by atoms with Gasteiger partial charge in [-0.2, -0.15) is 0 Å². The summed E-state index contributed by atoms with van der Waals surface area (Å²) < 4.78 is 24.0. The van der Waals surface area contributed by atoms with E-state index in [-0.39, 0.29) is 44.9 Å². The zero-order valence-electron chi connectivity index (χ0n) is 33.8. The van der Waals surface area contributed by atoms with Crippen LogP contribution in [-0.4, -0.2) is 106 Å². The fourth-order valence-electron chi connectivity index (χ4n) is 7.86. The first kappa shape index (κ1) is 44.3. The number of phenols is 16. The van der Waals surface area contributed by atoms with Crippen molar-refractivity contribution in [2.45, 2.75) is 43.7 Å². The molecule has 22 heteroatoms. The van der Waals surface area contributed by atoms with Gasteiger partial charge in [-0.3, -0.25) is 0 Å². The van der Waals surface area contributed by atoms with Crippen LogP contribution in [0, 0.1) is 0 Å². The van der Waals surface area contributed by atoms with E-state index >= 15 is 0 Å². The molecule has 16 N–H and O–H groups in total. The van der Waals surface area contributed by atoms with Gasteiger partial charge in [0.15, 0.2) is 81.2 Å². The minimum atomic E-state index is -1.58. The molecule has 0 radical (unpaired) electrons. The lowest BCUT2D eigenvalue weighted by molar-refractivity contribution is -0.0194. The van der Waals surface area contributed by atoms with Crippen molar-refractivity contribution in [3.63, 3.8) is 0 Å². The number of rotatable bonds is 8. The van der Waals surface area contributed by atoms with Crippen LogP contribution in [0.1, 0.15) is 66.3 Å². The van der Waals surface area contributed by atoms with Crippen LogP contribution >= 0.6 is 0 Å². The number of ether oxygens (including phenoxy) is 4. The summed E-state index contributed by atoms with van der Waals surface area (Å²) in [5.74, 6) is -16.4. The predicted octanol–water partition coefficient (Wildman–Crippen LogP) is 4.37. The first-order valence-electron chi connectivity index (χ1n) is 19.5. The number of phenolic OH excluding ortho intramolecular Hbond substituents is 16. The topological polar surface area (TPSA) is 395 Å². The molecule has 348 valence electrons. The molecule has 0 unspecified atom stereocenters. The largest absolute Gasteiger partial charge is 0.507 e. The monoisotopic (exact) mass is 928 g/mol. The number of carbonyl (C=O) groups is 2. The normalized spacial score (nSPS) is 17.3. The molecule has 0 saturated carbocycles. The van der Waals surface area contributed by atoms with E-state index in [9.17, 15) is 91.3 Å². The number of esters is 2. The molecule has 0 amide bonds. The highest BCUT2D eigenvalue weighted by Crippen LogP contribution is 2.53. The Morgan fingerprint density at radius 2 is 0.687 bits per heavy atom. The third kappa shape index (κ3) is 7.87. The summed E-state index contributed by atoms with van der Waals surface area (Å²) >= 11 is 0. The van der Waals surface area contributed by atoms with Crippen molar-refractivity contribution in [3.05, 3.63) is 105 Å². The smallest absolute Gasteiger partial charge is 0.338 e. The van der Waals surface area contributed by atoms with Crippen molar-refractivity contribution in [1.29, 1.82) is 0 Å². The number of fused-ring (bicyclic) bond motifs is 2. The zero-order chi connectivity index (χ0) is 48.5. The maximum Gasteiger partial charge on any atom is 0.338 e. The van der Waals surface area contributed by atoms with Gasteiger partial charge >= 0.3 is 11.9 Å². The Morgan fingerprint density at radius 1 is 0.403 bits per heavy atom. The Kier molecular flexibility index (Phi) is 10.8. The average molecular weight is 929 g/mol. The van der Waals surface area contributed by atoms with Crippen molar-refractivity contribution < 1.29 is 110 Å². The summed E-state index contributed by atoms with van der Waals surface area (Å²) in [7, 11) is 0. The summed E-state index contributed by atoms with van der Waals surface area (Å²) in [6.07, 6.45) is -7.75. The lowest BCUT2D eigenvalue weighted by Gasteiger charge is -2.36. The van der Waals surface area contributed by atoms with E-state index in [1.807, 2.05) is 0 Å². The van der Waals surface area contributed by atoms with Gasteiger partial charge in [0.05, 0.1) is 11.1 Å². The summed E-state index contributed by atoms with van der Waals surface area (Å²) in [4.78, 5) is 26.9. The molecule has 2 heterocycles. The van der Waals surface area contributed by atoms with E-state index in [1.165, 1.54) is 0 Å². The minimum Gasteiger partial charge on any atom is -0.507 e. The summed E-state index contributed by atoms with van der Waals surface area (Å²) in [5.41, 5.74) is -1.95. The molecule has 0 aromatic heterocycles. The first-order valence-corrected chi connectivity index (χ1v) is 19.5. The molecular formula is C45H36O22. The standard InChI is InChI=1S/C45H36O22/c46-22-12-24(48)20-10-34(64-44(62)16-5-30(54)38(60)31(55)6-16)40(14-1-26(50)36(58)27(51)2-14)66-42(20)18(22)9-19-23(47)13-25(49)21-11-35(65-45(63)17-7-32(56)39(61)33(57)8-17)41(67-43(19)21)15-3-28(52)37(59)29(53)4-15/h1-8,12-13,34-35,40-41,46-61H,9-11H2/t34-,35+,40-,41+. The number of benzene rings is 6. The van der Waals surface area contributed by atoms with Crippen LogP contribution < -0.4 is 9.47 Å². The Morgan fingerprint density at radius 3 is 0.985 bits per heavy atom. The SMILES string of the molecule is O=C(O[C@H]1Cc2c(O)cc(O)c(Cc3c(O)cc(O)c4c3O[C@H](c3cc(O)c(O)c(O)c3)[C@H](OC(=O)c3cc(O)c(O)c(O)c3)C4)c2O[C@H]1c1cc(O)c(O)c(O)c1)c1cc(O)c(O)c(O)c1. The van der Waals surface area contributed by atoms with Crippen molar-refractivity contribution in [3.8, 4) is 103 Å². The highest BCUT2D eigenvalue weighted by Gasteiger charge is 2.42. The molecule has 0 aliphatic carbocycles. The Balaban J connectivity index is 1.22. The Hall–Kier alpha value is -9.34. The maximum atomic E-state index is 13.4. The number of hydrogen-bond acceptors (Lipinski definition) is 22. The molecule has 6 aromatic rings. The van der Waals surface area contributed by atoms with Crippen LogP contribution in [-0.2, 0) is 28.7 Å². The predicted molar refractivity (Wildman–Crippen MR) is 221 cm³/mol. The van der Waals surface area contributed by atoms with E-state index in [0.29, 0.717) is 0 Å². The summed E-state index contributed by atoms with van der Waals surface area (Å²) in [6, 6.07) is 8.65. The molecule has 4 atom stereocenters. The molecule has 0 saturated heterocycles. The molecule has 22 nitrogen and oxygen atoms in total. The summed E-state index contributed by atoms with van der Waals surface area (Å²) in [5, 5.41) is 167. The van der Waals surface area contributed by atoms with Gasteiger partial charge < -0.3 is 101 Å². The van der Waals surface area contributed by atoms with Crippen molar-refractivity contribution >= 4 is 11.9 Å². The van der Waals surface area contributed by atoms with E-state index in [0.717, 1.165) is 60.7 Å². The van der Waals surface area contributed by atoms with Crippen LogP contribution in [0.15, 0.2) is 60.7 Å². The zero-order valence-corrected chi connectivity index (χ0v) is 33.8. The maximum absolute atomic E-state index is 13.4. The molecule has 8 rings (SSSR count). The second-order valence-corrected chi connectivity index (χ2v) is 15.5. The quantitative estimate of drug-likeness (QED) is 0.0744. The number of aromatic hydroxyl groups is 16. The lowest BCUT2D eigenvalue weighted by atomic mass is 9.87. The van der Waals surface area contributed by atoms with Crippen molar-refractivity contribution in [2.24, 2.45) is 0 Å². The summed E-state index contributed by atoms with van der Waals surface area (Å²) in [6.45, 7) is 0. The lowest BCUT2D eigenvalue weighted by Crippen LogP contribution is -2.35. The first-order chi connectivity index (χ1) is 31.6. The van der Waals surface area contributed by atoms with Gasteiger partial charge in [0.25, 0.3) is 0 Å². The van der Waals surface area contributed by atoms with Gasteiger partial charge in [0, 0.05) is 64.8 Å². The molecule has 2 aliphatic rings. The molecule has 0 fully saturated rings. The van der Waals surface area contributed by atoms with Gasteiger partial charge in [-0.25, -0.2) is 9.59 Å². The highest BCUT2D eigenvalue weighted by molar-refractivity contribution is 5.92. The van der Waals surface area contributed by atoms with Gasteiger partial charge in [0.2, 0.25) is 0 Å². The van der Waals surface area contributed by atoms with Crippen molar-refractivity contribution in [2.75, 3.05) is 0 Å². The van der Waals surface area contributed by atoms with E-state index in [4.69, 9.17) is 18.9 Å². The fraction of sp³-hybridized carbons (Fsp3) is 0.156. The van der Waals surface area contributed by atoms with E-state index in [2.05, 4.69) is 0 Å². The van der Waals surface area contributed by atoms with Crippen LogP contribution in [0.25, 0.3) is 0 Å². The van der Waals surface area contributed by atoms with Gasteiger partial charge in [-0.05, 0) is 48.5 Å². The van der Waals surface area contributed by atoms with Crippen LogP contribution in [0.2, 0.25) is 0 Å².